The lowest BCUT2D eigenvalue weighted by Gasteiger charge is -2.20. The third kappa shape index (κ3) is 7.30. The largest absolute Gasteiger partial charge is 0.382 e. The molecule has 0 saturated carbocycles. The SMILES string of the molecule is CCNC(C)C(C)CCOCCOC. The Morgan fingerprint density at radius 3 is 2.43 bits per heavy atom. The number of rotatable bonds is 9. The quantitative estimate of drug-likeness (QED) is 0.578. The van der Waals surface area contributed by atoms with Crippen molar-refractivity contribution in [2.75, 3.05) is 33.5 Å². The maximum Gasteiger partial charge on any atom is 0.0700 e. The maximum absolute atomic E-state index is 5.42. The van der Waals surface area contributed by atoms with Crippen LogP contribution in [-0.2, 0) is 9.47 Å². The normalized spacial score (nSPS) is 15.4. The van der Waals surface area contributed by atoms with E-state index in [9.17, 15) is 0 Å². The zero-order chi connectivity index (χ0) is 10.8. The van der Waals surface area contributed by atoms with Gasteiger partial charge < -0.3 is 14.8 Å². The van der Waals surface area contributed by atoms with E-state index in [2.05, 4.69) is 26.1 Å². The minimum Gasteiger partial charge on any atom is -0.382 e. The maximum atomic E-state index is 5.42. The molecule has 0 radical (unpaired) electrons. The first kappa shape index (κ1) is 13.9. The summed E-state index contributed by atoms with van der Waals surface area (Å²) in [6.45, 7) is 9.89. The van der Waals surface area contributed by atoms with Gasteiger partial charge in [-0.25, -0.2) is 0 Å². The molecule has 0 bridgehead atoms. The van der Waals surface area contributed by atoms with Gasteiger partial charge >= 0.3 is 0 Å². The third-order valence-corrected chi connectivity index (χ3v) is 2.53. The van der Waals surface area contributed by atoms with Crippen molar-refractivity contribution in [2.45, 2.75) is 33.2 Å². The van der Waals surface area contributed by atoms with Gasteiger partial charge in [0, 0.05) is 19.8 Å². The van der Waals surface area contributed by atoms with Crippen molar-refractivity contribution in [1.29, 1.82) is 0 Å². The molecule has 0 aliphatic carbocycles. The predicted octanol–water partition coefficient (Wildman–Crippen LogP) is 1.67. The van der Waals surface area contributed by atoms with Crippen LogP contribution in [0.3, 0.4) is 0 Å². The summed E-state index contributed by atoms with van der Waals surface area (Å²) < 4.78 is 10.3. The summed E-state index contributed by atoms with van der Waals surface area (Å²) in [6, 6.07) is 0.575. The highest BCUT2D eigenvalue weighted by atomic mass is 16.5. The summed E-state index contributed by atoms with van der Waals surface area (Å²) in [5, 5.41) is 3.42. The van der Waals surface area contributed by atoms with E-state index in [1.165, 1.54) is 0 Å². The van der Waals surface area contributed by atoms with E-state index in [-0.39, 0.29) is 0 Å². The highest BCUT2D eigenvalue weighted by Gasteiger charge is 2.09. The highest BCUT2D eigenvalue weighted by molar-refractivity contribution is 4.67. The second kappa shape index (κ2) is 9.44. The molecule has 0 saturated heterocycles. The van der Waals surface area contributed by atoms with Crippen molar-refractivity contribution in [1.82, 2.24) is 5.32 Å². The Hall–Kier alpha value is -0.120. The Labute approximate surface area is 88.2 Å². The molecule has 0 aromatic heterocycles. The van der Waals surface area contributed by atoms with Crippen molar-refractivity contribution in [3.05, 3.63) is 0 Å². The van der Waals surface area contributed by atoms with E-state index >= 15 is 0 Å². The van der Waals surface area contributed by atoms with Crippen LogP contribution < -0.4 is 5.32 Å². The monoisotopic (exact) mass is 203 g/mol. The lowest BCUT2D eigenvalue weighted by molar-refractivity contribution is 0.0627. The lowest BCUT2D eigenvalue weighted by Crippen LogP contribution is -2.32. The van der Waals surface area contributed by atoms with Gasteiger partial charge in [0.2, 0.25) is 0 Å². The summed E-state index contributed by atoms with van der Waals surface area (Å²) in [6.07, 6.45) is 1.11. The molecule has 0 amide bonds. The molecular weight excluding hydrogens is 178 g/mol. The number of hydrogen-bond donors (Lipinski definition) is 1. The summed E-state index contributed by atoms with van der Waals surface area (Å²) >= 11 is 0. The van der Waals surface area contributed by atoms with Crippen molar-refractivity contribution >= 4 is 0 Å². The van der Waals surface area contributed by atoms with E-state index in [0.717, 1.165) is 19.6 Å². The molecule has 0 aliphatic heterocycles. The van der Waals surface area contributed by atoms with Gasteiger partial charge in [0.25, 0.3) is 0 Å². The summed E-state index contributed by atoms with van der Waals surface area (Å²) in [5.41, 5.74) is 0. The molecule has 0 heterocycles. The second-order valence-electron chi connectivity index (χ2n) is 3.72. The lowest BCUT2D eigenvalue weighted by atomic mass is 10.0. The number of methoxy groups -OCH3 is 1. The second-order valence-corrected chi connectivity index (χ2v) is 3.72. The molecular formula is C11H25NO2. The Kier molecular flexibility index (Phi) is 9.35. The number of nitrogens with one attached hydrogen (secondary N) is 1. The topological polar surface area (TPSA) is 30.5 Å². The molecule has 3 nitrogen and oxygen atoms in total. The van der Waals surface area contributed by atoms with Crippen molar-refractivity contribution < 1.29 is 9.47 Å². The molecule has 2 unspecified atom stereocenters. The Morgan fingerprint density at radius 2 is 1.86 bits per heavy atom. The third-order valence-electron chi connectivity index (χ3n) is 2.53. The van der Waals surface area contributed by atoms with Crippen molar-refractivity contribution in [3.8, 4) is 0 Å². The molecule has 0 aliphatic rings. The van der Waals surface area contributed by atoms with Crippen molar-refractivity contribution in [3.63, 3.8) is 0 Å². The van der Waals surface area contributed by atoms with Crippen LogP contribution in [0.4, 0.5) is 0 Å². The van der Waals surface area contributed by atoms with Gasteiger partial charge in [-0.1, -0.05) is 13.8 Å². The van der Waals surface area contributed by atoms with Gasteiger partial charge in [-0.3, -0.25) is 0 Å². The fourth-order valence-corrected chi connectivity index (χ4v) is 1.29. The fraction of sp³-hybridized carbons (Fsp3) is 1.00. The molecule has 0 aromatic rings. The minimum atomic E-state index is 0.575. The van der Waals surface area contributed by atoms with Crippen LogP contribution in [0.5, 0.6) is 0 Å². The zero-order valence-electron chi connectivity index (χ0n) is 10.0. The minimum absolute atomic E-state index is 0.575. The highest BCUT2D eigenvalue weighted by Crippen LogP contribution is 2.07. The molecule has 0 aromatic carbocycles. The molecule has 3 heteroatoms. The van der Waals surface area contributed by atoms with E-state index in [1.54, 1.807) is 7.11 Å². The summed E-state index contributed by atoms with van der Waals surface area (Å²) in [4.78, 5) is 0. The first-order valence-corrected chi connectivity index (χ1v) is 5.52. The average Bonchev–Trinajstić information content (AvgIpc) is 2.17. The molecule has 0 spiro atoms. The van der Waals surface area contributed by atoms with E-state index in [4.69, 9.17) is 9.47 Å². The first-order chi connectivity index (χ1) is 6.72. The summed E-state index contributed by atoms with van der Waals surface area (Å²) in [7, 11) is 1.69. The molecule has 14 heavy (non-hydrogen) atoms. The van der Waals surface area contributed by atoms with Gasteiger partial charge in [0.15, 0.2) is 0 Å². The first-order valence-electron chi connectivity index (χ1n) is 5.52. The van der Waals surface area contributed by atoms with Crippen LogP contribution in [0.15, 0.2) is 0 Å². The Morgan fingerprint density at radius 1 is 1.14 bits per heavy atom. The van der Waals surface area contributed by atoms with Crippen LogP contribution in [0.2, 0.25) is 0 Å². The van der Waals surface area contributed by atoms with E-state index in [0.29, 0.717) is 25.2 Å². The Balaban J connectivity index is 3.29. The van der Waals surface area contributed by atoms with E-state index < -0.39 is 0 Å². The molecule has 1 N–H and O–H groups in total. The van der Waals surface area contributed by atoms with E-state index in [1.807, 2.05) is 0 Å². The molecule has 86 valence electrons. The fourth-order valence-electron chi connectivity index (χ4n) is 1.29. The van der Waals surface area contributed by atoms with Crippen LogP contribution >= 0.6 is 0 Å². The van der Waals surface area contributed by atoms with Crippen LogP contribution in [0.1, 0.15) is 27.2 Å². The van der Waals surface area contributed by atoms with Gasteiger partial charge in [-0.05, 0) is 25.8 Å². The van der Waals surface area contributed by atoms with Crippen molar-refractivity contribution in [2.24, 2.45) is 5.92 Å². The predicted molar refractivity (Wildman–Crippen MR) is 59.6 cm³/mol. The Bertz CT molecular complexity index is 120. The van der Waals surface area contributed by atoms with Crippen LogP contribution in [-0.4, -0.2) is 39.5 Å². The van der Waals surface area contributed by atoms with Crippen LogP contribution in [0, 0.1) is 5.92 Å². The van der Waals surface area contributed by atoms with Gasteiger partial charge in [-0.15, -0.1) is 0 Å². The summed E-state index contributed by atoms with van der Waals surface area (Å²) in [5.74, 6) is 0.664. The number of hydrogen-bond acceptors (Lipinski definition) is 3. The smallest absolute Gasteiger partial charge is 0.0700 e. The molecule has 0 fully saturated rings. The van der Waals surface area contributed by atoms with Gasteiger partial charge in [0.05, 0.1) is 13.2 Å². The molecule has 0 rings (SSSR count). The van der Waals surface area contributed by atoms with Gasteiger partial charge in [-0.2, -0.15) is 0 Å². The standard InChI is InChI=1S/C11H25NO2/c1-5-12-11(3)10(2)6-7-14-9-8-13-4/h10-12H,5-9H2,1-4H3. The van der Waals surface area contributed by atoms with Crippen LogP contribution in [0.25, 0.3) is 0 Å². The number of ether oxygens (including phenoxy) is 2. The van der Waals surface area contributed by atoms with Gasteiger partial charge in [0.1, 0.15) is 0 Å². The zero-order valence-corrected chi connectivity index (χ0v) is 10.0. The average molecular weight is 203 g/mol. The molecule has 2 atom stereocenters.